The summed E-state index contributed by atoms with van der Waals surface area (Å²) in [6.07, 6.45) is 5.02. The van der Waals surface area contributed by atoms with Gasteiger partial charge in [-0.15, -0.1) is 0 Å². The number of anilines is 1. The zero-order valence-electron chi connectivity index (χ0n) is 13.5. The van der Waals surface area contributed by atoms with E-state index in [0.29, 0.717) is 24.6 Å². The molecule has 7 heteroatoms. The van der Waals surface area contributed by atoms with Crippen molar-refractivity contribution in [1.82, 2.24) is 15.3 Å². The van der Waals surface area contributed by atoms with Crippen LogP contribution in [0.4, 0.5) is 5.82 Å². The van der Waals surface area contributed by atoms with Crippen LogP contribution in [0.25, 0.3) is 0 Å². The molecule has 0 unspecified atom stereocenters. The van der Waals surface area contributed by atoms with Crippen LogP contribution < -0.4 is 20.1 Å². The van der Waals surface area contributed by atoms with Crippen molar-refractivity contribution in [1.29, 1.82) is 0 Å². The minimum absolute atomic E-state index is 0.196. The molecular weight excluding hydrogens is 308 g/mol. The minimum Gasteiger partial charge on any atom is -0.454 e. The number of benzene rings is 1. The number of carbonyl (C=O) groups is 1. The summed E-state index contributed by atoms with van der Waals surface area (Å²) in [5, 5.41) is 5.98. The van der Waals surface area contributed by atoms with Gasteiger partial charge in [-0.25, -0.2) is 9.97 Å². The van der Waals surface area contributed by atoms with E-state index in [1.165, 1.54) is 6.20 Å². The number of rotatable bonds is 7. The van der Waals surface area contributed by atoms with Gasteiger partial charge in [0.1, 0.15) is 11.5 Å². The molecule has 2 aromatic rings. The van der Waals surface area contributed by atoms with Crippen LogP contribution >= 0.6 is 0 Å². The molecule has 24 heavy (non-hydrogen) atoms. The lowest BCUT2D eigenvalue weighted by Gasteiger charge is -2.07. The largest absolute Gasteiger partial charge is 0.454 e. The second kappa shape index (κ2) is 7.63. The van der Waals surface area contributed by atoms with Gasteiger partial charge in [-0.05, 0) is 24.1 Å². The van der Waals surface area contributed by atoms with Crippen molar-refractivity contribution < 1.29 is 14.3 Å². The molecule has 2 N–H and O–H groups in total. The molecular formula is C17H20N4O3. The molecule has 0 atom stereocenters. The van der Waals surface area contributed by atoms with Crippen LogP contribution in [0.2, 0.25) is 0 Å². The number of nitrogens with one attached hydrogen (secondary N) is 2. The standard InChI is InChI=1S/C17H20N4O3/c1-2-3-6-18-17(22)13-9-21-16(10-19-13)20-8-12-4-5-14-15(7-12)24-11-23-14/h4-5,7,9-10H,2-3,6,8,11H2,1H3,(H,18,22)(H,20,21). The van der Waals surface area contributed by atoms with Crippen molar-refractivity contribution in [3.05, 3.63) is 41.9 Å². The third-order valence-corrected chi connectivity index (χ3v) is 3.61. The van der Waals surface area contributed by atoms with Gasteiger partial charge in [0.2, 0.25) is 6.79 Å². The van der Waals surface area contributed by atoms with E-state index in [9.17, 15) is 4.79 Å². The monoisotopic (exact) mass is 328 g/mol. The Kier molecular flexibility index (Phi) is 5.10. The summed E-state index contributed by atoms with van der Waals surface area (Å²) in [5.74, 6) is 1.92. The molecule has 0 saturated heterocycles. The van der Waals surface area contributed by atoms with Gasteiger partial charge in [-0.1, -0.05) is 19.4 Å². The van der Waals surface area contributed by atoms with Gasteiger partial charge in [0.05, 0.1) is 12.4 Å². The fraction of sp³-hybridized carbons (Fsp3) is 0.353. The van der Waals surface area contributed by atoms with Gasteiger partial charge in [0, 0.05) is 13.1 Å². The fourth-order valence-electron chi connectivity index (χ4n) is 2.25. The lowest BCUT2D eigenvalue weighted by molar-refractivity contribution is 0.0948. The van der Waals surface area contributed by atoms with E-state index in [2.05, 4.69) is 27.5 Å². The first kappa shape index (κ1) is 16.0. The van der Waals surface area contributed by atoms with Crippen molar-refractivity contribution in [2.45, 2.75) is 26.3 Å². The van der Waals surface area contributed by atoms with Crippen molar-refractivity contribution in [2.24, 2.45) is 0 Å². The molecule has 7 nitrogen and oxygen atoms in total. The van der Waals surface area contributed by atoms with E-state index in [1.807, 2.05) is 18.2 Å². The van der Waals surface area contributed by atoms with E-state index in [0.717, 1.165) is 29.9 Å². The van der Waals surface area contributed by atoms with E-state index in [4.69, 9.17) is 9.47 Å². The first-order valence-electron chi connectivity index (χ1n) is 7.99. The number of hydrogen-bond acceptors (Lipinski definition) is 6. The third-order valence-electron chi connectivity index (χ3n) is 3.61. The minimum atomic E-state index is -0.196. The third kappa shape index (κ3) is 3.92. The average molecular weight is 328 g/mol. The van der Waals surface area contributed by atoms with Crippen LogP contribution in [0, 0.1) is 0 Å². The van der Waals surface area contributed by atoms with E-state index in [-0.39, 0.29) is 12.7 Å². The number of hydrogen-bond donors (Lipinski definition) is 2. The van der Waals surface area contributed by atoms with Gasteiger partial charge in [-0.2, -0.15) is 0 Å². The van der Waals surface area contributed by atoms with Gasteiger partial charge in [0.25, 0.3) is 5.91 Å². The van der Waals surface area contributed by atoms with Gasteiger partial charge < -0.3 is 20.1 Å². The van der Waals surface area contributed by atoms with Crippen LogP contribution in [-0.2, 0) is 6.54 Å². The van der Waals surface area contributed by atoms with E-state index in [1.54, 1.807) is 6.20 Å². The van der Waals surface area contributed by atoms with Crippen molar-refractivity contribution >= 4 is 11.7 Å². The number of aromatic nitrogens is 2. The highest BCUT2D eigenvalue weighted by molar-refractivity contribution is 5.91. The van der Waals surface area contributed by atoms with Crippen LogP contribution in [0.5, 0.6) is 11.5 Å². The quantitative estimate of drug-likeness (QED) is 0.759. The van der Waals surface area contributed by atoms with Crippen LogP contribution in [0.1, 0.15) is 35.8 Å². The molecule has 1 aliphatic rings. The van der Waals surface area contributed by atoms with Crippen LogP contribution in [-0.4, -0.2) is 29.2 Å². The number of ether oxygens (including phenoxy) is 2. The van der Waals surface area contributed by atoms with E-state index >= 15 is 0 Å². The molecule has 1 aromatic carbocycles. The zero-order chi connectivity index (χ0) is 16.8. The molecule has 0 fully saturated rings. The topological polar surface area (TPSA) is 85.4 Å². The second-order valence-corrected chi connectivity index (χ2v) is 5.44. The Morgan fingerprint density at radius 2 is 2.08 bits per heavy atom. The highest BCUT2D eigenvalue weighted by Crippen LogP contribution is 2.32. The number of unbranched alkanes of at least 4 members (excludes halogenated alkanes) is 1. The molecule has 126 valence electrons. The first-order chi connectivity index (χ1) is 11.8. The van der Waals surface area contributed by atoms with Gasteiger partial charge in [0.15, 0.2) is 11.5 Å². The number of carbonyl (C=O) groups excluding carboxylic acids is 1. The molecule has 1 aromatic heterocycles. The lowest BCUT2D eigenvalue weighted by Crippen LogP contribution is -2.25. The second-order valence-electron chi connectivity index (χ2n) is 5.44. The number of fused-ring (bicyclic) bond motifs is 1. The Morgan fingerprint density at radius 1 is 1.21 bits per heavy atom. The molecule has 2 heterocycles. The Morgan fingerprint density at radius 3 is 2.88 bits per heavy atom. The summed E-state index contributed by atoms with van der Waals surface area (Å²) in [4.78, 5) is 20.2. The molecule has 0 radical (unpaired) electrons. The summed E-state index contributed by atoms with van der Waals surface area (Å²) in [5.41, 5.74) is 1.36. The highest BCUT2D eigenvalue weighted by atomic mass is 16.7. The summed E-state index contributed by atoms with van der Waals surface area (Å²) in [6, 6.07) is 5.77. The Labute approximate surface area is 140 Å². The average Bonchev–Trinajstić information content (AvgIpc) is 3.08. The molecule has 0 bridgehead atoms. The van der Waals surface area contributed by atoms with Crippen LogP contribution in [0.3, 0.4) is 0 Å². The maximum Gasteiger partial charge on any atom is 0.271 e. The summed E-state index contributed by atoms with van der Waals surface area (Å²) in [6.45, 7) is 3.57. The SMILES string of the molecule is CCCCNC(=O)c1cnc(NCc2ccc3c(c2)OCO3)cn1. The molecule has 0 saturated carbocycles. The Hall–Kier alpha value is -2.83. The molecule has 0 aliphatic carbocycles. The van der Waals surface area contributed by atoms with Gasteiger partial charge in [-0.3, -0.25) is 4.79 Å². The fourth-order valence-corrected chi connectivity index (χ4v) is 2.25. The molecule has 3 rings (SSSR count). The predicted octanol–water partition coefficient (Wildman–Crippen LogP) is 2.35. The number of nitrogens with zero attached hydrogens (tertiary/aromatic N) is 2. The molecule has 1 amide bonds. The van der Waals surface area contributed by atoms with Crippen molar-refractivity contribution in [3.63, 3.8) is 0 Å². The smallest absolute Gasteiger partial charge is 0.271 e. The highest BCUT2D eigenvalue weighted by Gasteiger charge is 2.13. The summed E-state index contributed by atoms with van der Waals surface area (Å²) >= 11 is 0. The summed E-state index contributed by atoms with van der Waals surface area (Å²) in [7, 11) is 0. The Balaban J connectivity index is 1.53. The first-order valence-corrected chi connectivity index (χ1v) is 7.99. The Bertz CT molecular complexity index is 703. The molecule has 0 spiro atoms. The lowest BCUT2D eigenvalue weighted by atomic mass is 10.2. The van der Waals surface area contributed by atoms with Crippen molar-refractivity contribution in [2.75, 3.05) is 18.7 Å². The number of amides is 1. The maximum absolute atomic E-state index is 11.9. The van der Waals surface area contributed by atoms with Crippen molar-refractivity contribution in [3.8, 4) is 11.5 Å². The van der Waals surface area contributed by atoms with E-state index < -0.39 is 0 Å². The maximum atomic E-state index is 11.9. The summed E-state index contributed by atoms with van der Waals surface area (Å²) < 4.78 is 10.6. The van der Waals surface area contributed by atoms with Crippen LogP contribution in [0.15, 0.2) is 30.6 Å². The normalized spacial score (nSPS) is 12.0. The molecule has 1 aliphatic heterocycles. The predicted molar refractivity (Wildman–Crippen MR) is 89.2 cm³/mol. The van der Waals surface area contributed by atoms with Gasteiger partial charge >= 0.3 is 0 Å². The zero-order valence-corrected chi connectivity index (χ0v) is 13.5.